The summed E-state index contributed by atoms with van der Waals surface area (Å²) in [5.41, 5.74) is -0.944. The highest BCUT2D eigenvalue weighted by Gasteiger charge is 2.31. The van der Waals surface area contributed by atoms with E-state index >= 15 is 0 Å². The number of halogens is 4. The highest BCUT2D eigenvalue weighted by atomic mass is 35.5. The summed E-state index contributed by atoms with van der Waals surface area (Å²) in [5, 5.41) is 0.0332. The van der Waals surface area contributed by atoms with Crippen molar-refractivity contribution in [3.63, 3.8) is 0 Å². The lowest BCUT2D eigenvalue weighted by Gasteiger charge is -2.18. The molecule has 0 aliphatic carbocycles. The second kappa shape index (κ2) is 4.83. The number of benzene rings is 1. The molecule has 7 heteroatoms. The molecule has 0 N–H and O–H groups in total. The number of hydrogen-bond donors (Lipinski definition) is 0. The Morgan fingerprint density at radius 3 is 2.47 bits per heavy atom. The minimum Gasteiger partial charge on any atom is -0.452 e. The van der Waals surface area contributed by atoms with Crippen LogP contribution in [0.15, 0.2) is 18.2 Å². The van der Waals surface area contributed by atoms with Gasteiger partial charge in [0, 0.05) is 7.05 Å². The van der Waals surface area contributed by atoms with Gasteiger partial charge in [-0.2, -0.15) is 13.2 Å². The van der Waals surface area contributed by atoms with Crippen LogP contribution in [-0.4, -0.2) is 20.3 Å². The summed E-state index contributed by atoms with van der Waals surface area (Å²) in [7, 11) is 2.40. The average molecular weight is 268 g/mol. The van der Waals surface area contributed by atoms with Gasteiger partial charge in [0.15, 0.2) is 0 Å². The Bertz CT molecular complexity index is 434. The van der Waals surface area contributed by atoms with E-state index in [-0.39, 0.29) is 10.7 Å². The molecule has 0 saturated heterocycles. The third kappa shape index (κ3) is 3.03. The summed E-state index contributed by atoms with van der Waals surface area (Å²) in [5.74, 6) is 0. The summed E-state index contributed by atoms with van der Waals surface area (Å²) in [6.07, 6.45) is -5.29. The topological polar surface area (TPSA) is 29.5 Å². The van der Waals surface area contributed by atoms with E-state index in [4.69, 9.17) is 11.6 Å². The summed E-state index contributed by atoms with van der Waals surface area (Å²) < 4.78 is 41.8. The number of anilines is 1. The molecule has 0 bridgehead atoms. The number of methoxy groups -OCH3 is 1. The Hall–Kier alpha value is -1.43. The zero-order valence-corrected chi connectivity index (χ0v) is 9.76. The number of nitrogens with zero attached hydrogens (tertiary/aromatic N) is 1. The minimum atomic E-state index is -4.49. The molecule has 0 saturated carbocycles. The lowest BCUT2D eigenvalue weighted by molar-refractivity contribution is -0.137. The first-order valence-corrected chi connectivity index (χ1v) is 4.83. The molecule has 0 aliphatic heterocycles. The van der Waals surface area contributed by atoms with E-state index in [9.17, 15) is 18.0 Å². The van der Waals surface area contributed by atoms with Gasteiger partial charge in [-0.3, -0.25) is 4.90 Å². The number of carbonyl (C=O) groups is 1. The van der Waals surface area contributed by atoms with Gasteiger partial charge in [-0.05, 0) is 18.2 Å². The summed E-state index contributed by atoms with van der Waals surface area (Å²) in [4.78, 5) is 12.1. The second-order valence-electron chi connectivity index (χ2n) is 3.19. The van der Waals surface area contributed by atoms with Crippen molar-refractivity contribution in [2.45, 2.75) is 6.18 Å². The second-order valence-corrected chi connectivity index (χ2v) is 3.60. The van der Waals surface area contributed by atoms with E-state index < -0.39 is 17.8 Å². The van der Waals surface area contributed by atoms with Crippen LogP contribution in [0, 0.1) is 0 Å². The predicted molar refractivity (Wildman–Crippen MR) is 57.3 cm³/mol. The van der Waals surface area contributed by atoms with Crippen LogP contribution in [0.1, 0.15) is 5.56 Å². The van der Waals surface area contributed by atoms with Gasteiger partial charge in [-0.25, -0.2) is 4.79 Å². The number of ether oxygens (including phenoxy) is 1. The predicted octanol–water partition coefficient (Wildman–Crippen LogP) is 3.56. The first-order chi connectivity index (χ1) is 7.77. The molecule has 0 unspecified atom stereocenters. The van der Waals surface area contributed by atoms with Crippen molar-refractivity contribution in [3.05, 3.63) is 28.8 Å². The van der Waals surface area contributed by atoms with Crippen molar-refractivity contribution in [2.75, 3.05) is 19.1 Å². The minimum absolute atomic E-state index is 0.0332. The molecule has 3 nitrogen and oxygen atoms in total. The maximum atomic E-state index is 12.5. The zero-order chi connectivity index (χ0) is 13.2. The monoisotopic (exact) mass is 267 g/mol. The lowest BCUT2D eigenvalue weighted by Crippen LogP contribution is -2.26. The molecule has 0 heterocycles. The molecule has 0 atom stereocenters. The van der Waals surface area contributed by atoms with Crippen molar-refractivity contribution in [1.82, 2.24) is 0 Å². The summed E-state index contributed by atoms with van der Waals surface area (Å²) in [6, 6.07) is 2.72. The average Bonchev–Trinajstić information content (AvgIpc) is 2.26. The fraction of sp³-hybridized carbons (Fsp3) is 0.300. The first-order valence-electron chi connectivity index (χ1n) is 4.45. The molecule has 0 radical (unpaired) electrons. The Morgan fingerprint density at radius 2 is 2.00 bits per heavy atom. The van der Waals surface area contributed by atoms with Crippen molar-refractivity contribution < 1.29 is 22.7 Å². The number of hydrogen-bond acceptors (Lipinski definition) is 2. The molecule has 0 spiro atoms. The Labute approximate surface area is 101 Å². The van der Waals surface area contributed by atoms with Crippen LogP contribution < -0.4 is 4.90 Å². The van der Waals surface area contributed by atoms with Crippen molar-refractivity contribution >= 4 is 23.4 Å². The fourth-order valence-electron chi connectivity index (χ4n) is 1.18. The van der Waals surface area contributed by atoms with Crippen molar-refractivity contribution in [2.24, 2.45) is 0 Å². The van der Waals surface area contributed by atoms with Gasteiger partial charge in [-0.15, -0.1) is 0 Å². The third-order valence-corrected chi connectivity index (χ3v) is 2.40. The molecule has 1 amide bonds. The molecule has 0 fully saturated rings. The van der Waals surface area contributed by atoms with Crippen LogP contribution in [0.3, 0.4) is 0 Å². The summed E-state index contributed by atoms with van der Waals surface area (Å²) >= 11 is 5.73. The van der Waals surface area contributed by atoms with Crippen LogP contribution in [0.4, 0.5) is 23.7 Å². The summed E-state index contributed by atoms with van der Waals surface area (Å²) in [6.45, 7) is 0. The van der Waals surface area contributed by atoms with Gasteiger partial charge < -0.3 is 4.74 Å². The van der Waals surface area contributed by atoms with Crippen LogP contribution in [0.2, 0.25) is 5.02 Å². The SMILES string of the molecule is COC(=O)N(C)c1cc(C(F)(F)F)ccc1Cl. The normalized spacial score (nSPS) is 11.2. The molecule has 17 heavy (non-hydrogen) atoms. The van der Waals surface area contributed by atoms with Gasteiger partial charge in [0.25, 0.3) is 0 Å². The van der Waals surface area contributed by atoms with E-state index in [1.54, 1.807) is 0 Å². The Kier molecular flexibility index (Phi) is 3.87. The van der Waals surface area contributed by atoms with Crippen molar-refractivity contribution in [1.29, 1.82) is 0 Å². The maximum absolute atomic E-state index is 12.5. The molecular formula is C10H9ClF3NO2. The molecule has 1 aromatic rings. The largest absolute Gasteiger partial charge is 0.452 e. The smallest absolute Gasteiger partial charge is 0.416 e. The molecule has 94 valence electrons. The van der Waals surface area contributed by atoms with Gasteiger partial charge in [-0.1, -0.05) is 11.6 Å². The molecule has 1 aromatic carbocycles. The quantitative estimate of drug-likeness (QED) is 0.779. The van der Waals surface area contributed by atoms with Gasteiger partial charge in [0.2, 0.25) is 0 Å². The zero-order valence-electron chi connectivity index (χ0n) is 9.01. The highest BCUT2D eigenvalue weighted by Crippen LogP contribution is 2.35. The fourth-order valence-corrected chi connectivity index (χ4v) is 1.43. The number of rotatable bonds is 1. The lowest BCUT2D eigenvalue weighted by atomic mass is 10.2. The standard InChI is InChI=1S/C10H9ClF3NO2/c1-15(9(16)17-2)8-5-6(10(12,13)14)3-4-7(8)11/h3-5H,1-2H3. The molecule has 1 rings (SSSR count). The van der Waals surface area contributed by atoms with Gasteiger partial charge >= 0.3 is 12.3 Å². The van der Waals surface area contributed by atoms with Crippen molar-refractivity contribution in [3.8, 4) is 0 Å². The molecular weight excluding hydrogens is 259 g/mol. The number of carbonyl (C=O) groups excluding carboxylic acids is 1. The van der Waals surface area contributed by atoms with E-state index in [1.165, 1.54) is 7.05 Å². The molecule has 0 aliphatic rings. The van der Waals surface area contributed by atoms with E-state index in [2.05, 4.69) is 4.74 Å². The van der Waals surface area contributed by atoms with Gasteiger partial charge in [0.05, 0.1) is 23.4 Å². The first kappa shape index (κ1) is 13.6. The maximum Gasteiger partial charge on any atom is 0.416 e. The number of amides is 1. The van der Waals surface area contributed by atoms with Crippen LogP contribution in [0.25, 0.3) is 0 Å². The van der Waals surface area contributed by atoms with E-state index in [0.29, 0.717) is 0 Å². The third-order valence-electron chi connectivity index (χ3n) is 2.08. The van der Waals surface area contributed by atoms with Gasteiger partial charge in [0.1, 0.15) is 0 Å². The van der Waals surface area contributed by atoms with E-state index in [1.807, 2.05) is 0 Å². The molecule has 0 aromatic heterocycles. The highest BCUT2D eigenvalue weighted by molar-refractivity contribution is 6.33. The van der Waals surface area contributed by atoms with Crippen LogP contribution in [-0.2, 0) is 10.9 Å². The van der Waals surface area contributed by atoms with E-state index in [0.717, 1.165) is 30.2 Å². The Morgan fingerprint density at radius 1 is 1.41 bits per heavy atom. The van der Waals surface area contributed by atoms with Crippen LogP contribution in [0.5, 0.6) is 0 Å². The van der Waals surface area contributed by atoms with Crippen LogP contribution >= 0.6 is 11.6 Å². The number of alkyl halides is 3. The Balaban J connectivity index is 3.20.